The van der Waals surface area contributed by atoms with E-state index in [9.17, 15) is 4.79 Å². The minimum absolute atomic E-state index is 0.0189. The van der Waals surface area contributed by atoms with Gasteiger partial charge in [0, 0.05) is 11.1 Å². The fraction of sp³-hybridized carbons (Fsp3) is 0.300. The average molecular weight is 263 g/mol. The number of hydrogen-bond acceptors (Lipinski definition) is 6. The number of nitrogens with zero attached hydrogens (tertiary/aromatic N) is 5. The molecule has 1 N–H and O–H groups in total. The summed E-state index contributed by atoms with van der Waals surface area (Å²) in [6, 6.07) is 3.64. The number of aromatic nitrogens is 5. The van der Waals surface area contributed by atoms with Crippen LogP contribution in [0.15, 0.2) is 28.4 Å². The van der Waals surface area contributed by atoms with E-state index >= 15 is 0 Å². The fourth-order valence-electron chi connectivity index (χ4n) is 1.50. The summed E-state index contributed by atoms with van der Waals surface area (Å²) >= 11 is 1.34. The molecule has 1 fully saturated rings. The number of hydrogen-bond donors (Lipinski definition) is 1. The first-order valence-electron chi connectivity index (χ1n) is 5.39. The number of carboxylic acid groups (broad SMARTS) is 1. The van der Waals surface area contributed by atoms with Crippen LogP contribution in [0.2, 0.25) is 0 Å². The van der Waals surface area contributed by atoms with Crippen LogP contribution in [0.3, 0.4) is 0 Å². The lowest BCUT2D eigenvalue weighted by Gasteiger charge is -2.02. The topological polar surface area (TPSA) is 93.8 Å². The van der Waals surface area contributed by atoms with Crippen molar-refractivity contribution < 1.29 is 9.90 Å². The average Bonchev–Trinajstić information content (AvgIpc) is 3.11. The molecule has 1 aliphatic rings. The molecule has 2 heterocycles. The van der Waals surface area contributed by atoms with Crippen molar-refractivity contribution in [2.75, 3.05) is 0 Å². The molecular weight excluding hydrogens is 254 g/mol. The van der Waals surface area contributed by atoms with Crippen molar-refractivity contribution in [3.8, 4) is 0 Å². The Morgan fingerprint density at radius 3 is 3.06 bits per heavy atom. The Hall–Kier alpha value is -1.96. The van der Waals surface area contributed by atoms with Crippen LogP contribution in [-0.4, -0.2) is 36.3 Å². The summed E-state index contributed by atoms with van der Waals surface area (Å²) in [6.07, 6.45) is 3.65. The van der Waals surface area contributed by atoms with E-state index in [2.05, 4.69) is 20.5 Å². The minimum atomic E-state index is -1.04. The van der Waals surface area contributed by atoms with Gasteiger partial charge in [-0.1, -0.05) is 0 Å². The van der Waals surface area contributed by atoms with E-state index in [1.54, 1.807) is 10.7 Å². The second kappa shape index (κ2) is 4.37. The van der Waals surface area contributed by atoms with Gasteiger partial charge in [-0.2, -0.15) is 0 Å². The zero-order valence-electron chi connectivity index (χ0n) is 9.22. The molecular formula is C10H9N5O2S. The highest BCUT2D eigenvalue weighted by atomic mass is 32.2. The summed E-state index contributed by atoms with van der Waals surface area (Å²) < 4.78 is 1.78. The number of carbonyl (C=O) groups is 1. The maximum Gasteiger partial charge on any atom is 0.354 e. The van der Waals surface area contributed by atoms with Crippen molar-refractivity contribution in [1.29, 1.82) is 0 Å². The Bertz CT molecular complexity index is 595. The van der Waals surface area contributed by atoms with Gasteiger partial charge >= 0.3 is 5.97 Å². The van der Waals surface area contributed by atoms with E-state index in [0.29, 0.717) is 11.2 Å². The van der Waals surface area contributed by atoms with Crippen LogP contribution in [0.1, 0.15) is 29.4 Å². The molecule has 1 aliphatic carbocycles. The van der Waals surface area contributed by atoms with Crippen LogP contribution >= 0.6 is 11.8 Å². The highest BCUT2D eigenvalue weighted by molar-refractivity contribution is 7.99. The standard InChI is InChI=1S/C10H9N5O2S/c16-9(17)8-5-7(3-4-11-8)18-10-12-13-14-15(10)6-1-2-6/h3-6H,1-2H2,(H,16,17). The summed E-state index contributed by atoms with van der Waals surface area (Å²) in [5.41, 5.74) is 0.0189. The van der Waals surface area contributed by atoms with Gasteiger partial charge < -0.3 is 5.11 Å². The quantitative estimate of drug-likeness (QED) is 0.887. The van der Waals surface area contributed by atoms with E-state index in [-0.39, 0.29) is 5.69 Å². The molecule has 1 saturated carbocycles. The maximum absolute atomic E-state index is 10.8. The minimum Gasteiger partial charge on any atom is -0.477 e. The normalized spacial score (nSPS) is 14.7. The molecule has 8 heteroatoms. The predicted molar refractivity (Wildman–Crippen MR) is 61.4 cm³/mol. The Balaban J connectivity index is 1.85. The number of tetrazole rings is 1. The number of carboxylic acids is 1. The van der Waals surface area contributed by atoms with Crippen LogP contribution in [0.4, 0.5) is 0 Å². The summed E-state index contributed by atoms with van der Waals surface area (Å²) in [4.78, 5) is 15.4. The molecule has 2 aromatic rings. The number of pyridine rings is 1. The SMILES string of the molecule is O=C(O)c1cc(Sc2nnnn2C2CC2)ccn1. The van der Waals surface area contributed by atoms with E-state index in [1.807, 2.05) is 0 Å². The van der Waals surface area contributed by atoms with E-state index in [1.165, 1.54) is 24.0 Å². The van der Waals surface area contributed by atoms with Gasteiger partial charge in [-0.3, -0.25) is 0 Å². The Kier molecular flexibility index (Phi) is 2.71. The molecule has 0 aliphatic heterocycles. The molecule has 0 aromatic carbocycles. The highest BCUT2D eigenvalue weighted by Gasteiger charge is 2.28. The lowest BCUT2D eigenvalue weighted by atomic mass is 10.4. The molecule has 0 spiro atoms. The summed E-state index contributed by atoms with van der Waals surface area (Å²) in [5.74, 6) is -1.04. The molecule has 0 amide bonds. The first kappa shape index (κ1) is 11.1. The molecule has 0 unspecified atom stereocenters. The first-order chi connectivity index (χ1) is 8.74. The van der Waals surface area contributed by atoms with Crippen LogP contribution in [0.5, 0.6) is 0 Å². The zero-order valence-corrected chi connectivity index (χ0v) is 10.0. The third kappa shape index (κ3) is 2.19. The van der Waals surface area contributed by atoms with Crippen LogP contribution in [-0.2, 0) is 0 Å². The summed E-state index contributed by atoms with van der Waals surface area (Å²) in [6.45, 7) is 0. The molecule has 2 aromatic heterocycles. The van der Waals surface area contributed by atoms with Crippen LogP contribution in [0, 0.1) is 0 Å². The lowest BCUT2D eigenvalue weighted by molar-refractivity contribution is 0.0690. The fourth-order valence-corrected chi connectivity index (χ4v) is 2.36. The molecule has 0 saturated heterocycles. The van der Waals surface area contributed by atoms with Gasteiger partial charge in [0.05, 0.1) is 6.04 Å². The number of aromatic carboxylic acids is 1. The van der Waals surface area contributed by atoms with Gasteiger partial charge in [-0.15, -0.1) is 5.10 Å². The van der Waals surface area contributed by atoms with Crippen molar-refractivity contribution >= 4 is 17.7 Å². The molecule has 0 bridgehead atoms. The third-order valence-corrected chi connectivity index (χ3v) is 3.46. The molecule has 92 valence electrons. The summed E-state index contributed by atoms with van der Waals surface area (Å²) in [5, 5.41) is 21.1. The van der Waals surface area contributed by atoms with Gasteiger partial charge in [-0.05, 0) is 47.2 Å². The summed E-state index contributed by atoms with van der Waals surface area (Å²) in [7, 11) is 0. The smallest absolute Gasteiger partial charge is 0.354 e. The van der Waals surface area contributed by atoms with Gasteiger partial charge in [-0.25, -0.2) is 14.5 Å². The van der Waals surface area contributed by atoms with Crippen LogP contribution in [0.25, 0.3) is 0 Å². The van der Waals surface area contributed by atoms with E-state index in [4.69, 9.17) is 5.11 Å². The second-order valence-electron chi connectivity index (χ2n) is 3.92. The van der Waals surface area contributed by atoms with Gasteiger partial charge in [0.15, 0.2) is 0 Å². The van der Waals surface area contributed by atoms with Crippen molar-refractivity contribution in [3.05, 3.63) is 24.0 Å². The van der Waals surface area contributed by atoms with E-state index < -0.39 is 5.97 Å². The molecule has 3 rings (SSSR count). The second-order valence-corrected chi connectivity index (χ2v) is 4.96. The zero-order chi connectivity index (χ0) is 12.5. The number of rotatable bonds is 4. The Labute approximate surface area is 106 Å². The van der Waals surface area contributed by atoms with Crippen molar-refractivity contribution in [3.63, 3.8) is 0 Å². The Morgan fingerprint density at radius 1 is 1.50 bits per heavy atom. The lowest BCUT2D eigenvalue weighted by Crippen LogP contribution is -2.00. The highest BCUT2D eigenvalue weighted by Crippen LogP contribution is 2.37. The van der Waals surface area contributed by atoms with Gasteiger partial charge in [0.1, 0.15) is 5.69 Å². The molecule has 0 atom stereocenters. The van der Waals surface area contributed by atoms with Gasteiger partial charge in [0.25, 0.3) is 0 Å². The first-order valence-corrected chi connectivity index (χ1v) is 6.21. The van der Waals surface area contributed by atoms with Crippen molar-refractivity contribution in [2.24, 2.45) is 0 Å². The van der Waals surface area contributed by atoms with Crippen LogP contribution < -0.4 is 0 Å². The monoisotopic (exact) mass is 263 g/mol. The molecule has 0 radical (unpaired) electrons. The Morgan fingerprint density at radius 2 is 2.33 bits per heavy atom. The van der Waals surface area contributed by atoms with Crippen molar-refractivity contribution in [2.45, 2.75) is 28.9 Å². The van der Waals surface area contributed by atoms with E-state index in [0.717, 1.165) is 17.7 Å². The largest absolute Gasteiger partial charge is 0.477 e. The van der Waals surface area contributed by atoms with Crippen molar-refractivity contribution in [1.82, 2.24) is 25.2 Å². The predicted octanol–water partition coefficient (Wildman–Crippen LogP) is 1.25. The molecule has 18 heavy (non-hydrogen) atoms. The molecule has 7 nitrogen and oxygen atoms in total. The van der Waals surface area contributed by atoms with Gasteiger partial charge in [0.2, 0.25) is 5.16 Å². The maximum atomic E-state index is 10.8. The third-order valence-electron chi connectivity index (χ3n) is 2.52.